The van der Waals surface area contributed by atoms with Gasteiger partial charge in [-0.3, -0.25) is 4.79 Å². The van der Waals surface area contributed by atoms with Crippen molar-refractivity contribution < 1.29 is 17.9 Å². The number of anilines is 1. The van der Waals surface area contributed by atoms with Crippen LogP contribution in [-0.2, 0) is 16.6 Å². The summed E-state index contributed by atoms with van der Waals surface area (Å²) in [6.07, 6.45) is 3.91. The molecule has 0 radical (unpaired) electrons. The summed E-state index contributed by atoms with van der Waals surface area (Å²) in [7, 11) is -0.690. The van der Waals surface area contributed by atoms with Crippen LogP contribution in [0.3, 0.4) is 0 Å². The van der Waals surface area contributed by atoms with Crippen molar-refractivity contribution in [2.45, 2.75) is 32.3 Å². The highest BCUT2D eigenvalue weighted by Crippen LogP contribution is 2.26. The maximum atomic E-state index is 13.0. The van der Waals surface area contributed by atoms with Gasteiger partial charge in [0.25, 0.3) is 5.91 Å². The van der Waals surface area contributed by atoms with Crippen LogP contribution in [0.4, 0.5) is 5.69 Å². The molecule has 9 heteroatoms. The predicted octanol–water partition coefficient (Wildman–Crippen LogP) is 4.34. The van der Waals surface area contributed by atoms with Crippen molar-refractivity contribution in [2.75, 3.05) is 19.4 Å². The number of nitrogens with one attached hydrogen (secondary N) is 1. The van der Waals surface area contributed by atoms with E-state index in [-0.39, 0.29) is 17.4 Å². The molecule has 0 aliphatic carbocycles. The first-order chi connectivity index (χ1) is 16.5. The molecular weight excluding hydrogens is 464 g/mol. The van der Waals surface area contributed by atoms with Crippen LogP contribution in [0.5, 0.6) is 5.75 Å². The van der Waals surface area contributed by atoms with Crippen LogP contribution < -0.4 is 10.1 Å². The average Bonchev–Trinajstić information content (AvgIpc) is 3.22. The SMILES string of the molecule is Cc1ccc2nc(COc3cccc(C(=O)Nc4cc(S(=O)(=O)N(C)C)cc(C)c4C)c3)cn2c1. The summed E-state index contributed by atoms with van der Waals surface area (Å²) in [5.41, 5.74) is 5.15. The Hall–Kier alpha value is -3.69. The third kappa shape index (κ3) is 5.21. The molecule has 0 saturated carbocycles. The third-order valence-corrected chi connectivity index (χ3v) is 7.59. The van der Waals surface area contributed by atoms with Gasteiger partial charge in [-0.1, -0.05) is 12.1 Å². The maximum Gasteiger partial charge on any atom is 0.255 e. The molecule has 0 unspecified atom stereocenters. The van der Waals surface area contributed by atoms with Crippen molar-refractivity contribution in [1.82, 2.24) is 13.7 Å². The van der Waals surface area contributed by atoms with Crippen LogP contribution in [0.25, 0.3) is 5.65 Å². The third-order valence-electron chi connectivity index (χ3n) is 5.80. The summed E-state index contributed by atoms with van der Waals surface area (Å²) >= 11 is 0. The molecule has 0 aliphatic rings. The van der Waals surface area contributed by atoms with E-state index in [9.17, 15) is 13.2 Å². The monoisotopic (exact) mass is 492 g/mol. The summed E-state index contributed by atoms with van der Waals surface area (Å²) in [4.78, 5) is 17.7. The zero-order valence-electron chi connectivity index (χ0n) is 20.4. The maximum absolute atomic E-state index is 13.0. The number of rotatable bonds is 7. The van der Waals surface area contributed by atoms with Crippen molar-refractivity contribution in [3.05, 3.63) is 88.9 Å². The number of hydrogen-bond acceptors (Lipinski definition) is 5. The Morgan fingerprint density at radius 3 is 2.57 bits per heavy atom. The number of fused-ring (bicyclic) bond motifs is 1. The Bertz CT molecular complexity index is 1520. The van der Waals surface area contributed by atoms with Gasteiger partial charge in [0.2, 0.25) is 10.0 Å². The number of aromatic nitrogens is 2. The summed E-state index contributed by atoms with van der Waals surface area (Å²) in [6, 6.07) is 13.9. The lowest BCUT2D eigenvalue weighted by molar-refractivity contribution is 0.102. The van der Waals surface area contributed by atoms with Crippen molar-refractivity contribution in [3.8, 4) is 5.75 Å². The van der Waals surface area contributed by atoms with Gasteiger partial charge < -0.3 is 14.5 Å². The van der Waals surface area contributed by atoms with Crippen LogP contribution in [0.15, 0.2) is 65.8 Å². The topological polar surface area (TPSA) is 93.0 Å². The molecular formula is C26H28N4O4S. The first-order valence-corrected chi connectivity index (χ1v) is 12.5. The van der Waals surface area contributed by atoms with E-state index in [4.69, 9.17) is 4.74 Å². The molecule has 182 valence electrons. The molecule has 8 nitrogen and oxygen atoms in total. The number of pyridine rings is 1. The van der Waals surface area contributed by atoms with Crippen molar-refractivity contribution >= 4 is 27.3 Å². The fourth-order valence-corrected chi connectivity index (χ4v) is 4.63. The van der Waals surface area contributed by atoms with Gasteiger partial charge in [-0.05, 0) is 73.9 Å². The molecule has 2 aromatic heterocycles. The number of sulfonamides is 1. The minimum Gasteiger partial charge on any atom is -0.487 e. The molecule has 0 saturated heterocycles. The highest BCUT2D eigenvalue weighted by Gasteiger charge is 2.20. The Labute approximate surface area is 205 Å². The molecule has 4 rings (SSSR count). The Morgan fingerprint density at radius 2 is 1.83 bits per heavy atom. The second-order valence-electron chi connectivity index (χ2n) is 8.67. The summed E-state index contributed by atoms with van der Waals surface area (Å²) in [6.45, 7) is 5.93. The van der Waals surface area contributed by atoms with E-state index < -0.39 is 10.0 Å². The second kappa shape index (κ2) is 9.52. The number of aryl methyl sites for hydroxylation is 2. The number of carbonyl (C=O) groups excluding carboxylic acids is 1. The molecule has 0 fully saturated rings. The Balaban J connectivity index is 1.51. The minimum atomic E-state index is -3.64. The fraction of sp³-hybridized carbons (Fsp3) is 0.231. The van der Waals surface area contributed by atoms with Crippen LogP contribution in [0.1, 0.15) is 32.7 Å². The highest BCUT2D eigenvalue weighted by atomic mass is 32.2. The van der Waals surface area contributed by atoms with E-state index in [0.29, 0.717) is 17.0 Å². The van der Waals surface area contributed by atoms with Crippen LogP contribution >= 0.6 is 0 Å². The molecule has 2 aromatic carbocycles. The summed E-state index contributed by atoms with van der Waals surface area (Å²) < 4.78 is 34.2. The lowest BCUT2D eigenvalue weighted by Crippen LogP contribution is -2.23. The molecule has 2 heterocycles. The van der Waals surface area contributed by atoms with Gasteiger partial charge in [0.05, 0.1) is 10.6 Å². The van der Waals surface area contributed by atoms with Crippen molar-refractivity contribution in [2.24, 2.45) is 0 Å². The molecule has 0 atom stereocenters. The number of carbonyl (C=O) groups is 1. The quantitative estimate of drug-likeness (QED) is 0.414. The Morgan fingerprint density at radius 1 is 1.06 bits per heavy atom. The van der Waals surface area contributed by atoms with Crippen molar-refractivity contribution in [3.63, 3.8) is 0 Å². The van der Waals surface area contributed by atoms with E-state index >= 15 is 0 Å². The lowest BCUT2D eigenvalue weighted by atomic mass is 10.1. The van der Waals surface area contributed by atoms with Gasteiger partial charge in [-0.2, -0.15) is 0 Å². The van der Waals surface area contributed by atoms with E-state index in [1.807, 2.05) is 49.7 Å². The number of imidazole rings is 1. The van der Waals surface area contributed by atoms with E-state index in [2.05, 4.69) is 10.3 Å². The van der Waals surface area contributed by atoms with Gasteiger partial charge in [-0.25, -0.2) is 17.7 Å². The van der Waals surface area contributed by atoms with E-state index in [0.717, 1.165) is 32.3 Å². The molecule has 0 spiro atoms. The van der Waals surface area contributed by atoms with Gasteiger partial charge in [-0.15, -0.1) is 0 Å². The summed E-state index contributed by atoms with van der Waals surface area (Å²) in [5, 5.41) is 2.85. The highest BCUT2D eigenvalue weighted by molar-refractivity contribution is 7.89. The number of amides is 1. The van der Waals surface area contributed by atoms with E-state index in [1.165, 1.54) is 20.2 Å². The van der Waals surface area contributed by atoms with Gasteiger partial charge in [0, 0.05) is 37.7 Å². The van der Waals surface area contributed by atoms with Crippen LogP contribution in [-0.4, -0.2) is 42.1 Å². The lowest BCUT2D eigenvalue weighted by Gasteiger charge is -2.16. The zero-order valence-corrected chi connectivity index (χ0v) is 21.2. The molecule has 0 aliphatic heterocycles. The summed E-state index contributed by atoms with van der Waals surface area (Å²) in [5.74, 6) is 0.170. The van der Waals surface area contributed by atoms with E-state index in [1.54, 1.807) is 30.3 Å². The Kier molecular flexibility index (Phi) is 6.64. The smallest absolute Gasteiger partial charge is 0.255 e. The number of hydrogen-bond donors (Lipinski definition) is 1. The second-order valence-corrected chi connectivity index (χ2v) is 10.8. The standard InChI is InChI=1S/C26H28N4O4S/c1-17-9-10-25-27-21(15-30(25)14-17)16-34-22-8-6-7-20(12-22)26(31)28-24-13-23(11-18(2)19(24)3)35(32,33)29(4)5/h6-15H,16H2,1-5H3,(H,28,31). The largest absolute Gasteiger partial charge is 0.487 e. The van der Waals surface area contributed by atoms with Gasteiger partial charge in [0.15, 0.2) is 0 Å². The van der Waals surface area contributed by atoms with Crippen LogP contribution in [0.2, 0.25) is 0 Å². The van der Waals surface area contributed by atoms with Gasteiger partial charge >= 0.3 is 0 Å². The first kappa shape index (κ1) is 24.4. The molecule has 1 N–H and O–H groups in total. The average molecular weight is 493 g/mol. The number of nitrogens with zero attached hydrogens (tertiary/aromatic N) is 3. The number of ether oxygens (including phenoxy) is 1. The fourth-order valence-electron chi connectivity index (χ4n) is 3.62. The van der Waals surface area contributed by atoms with Gasteiger partial charge in [0.1, 0.15) is 18.0 Å². The minimum absolute atomic E-state index is 0.126. The molecule has 4 aromatic rings. The molecule has 1 amide bonds. The molecule has 35 heavy (non-hydrogen) atoms. The van der Waals surface area contributed by atoms with Crippen molar-refractivity contribution in [1.29, 1.82) is 0 Å². The normalized spacial score (nSPS) is 11.7. The first-order valence-electron chi connectivity index (χ1n) is 11.1. The zero-order chi connectivity index (χ0) is 25.3. The molecule has 0 bridgehead atoms. The van der Waals surface area contributed by atoms with Crippen LogP contribution in [0, 0.1) is 20.8 Å². The number of benzene rings is 2. The predicted molar refractivity (Wildman–Crippen MR) is 135 cm³/mol.